The number of nitrogens with one attached hydrogen (secondary N) is 2. The molecule has 0 saturated heterocycles. The zero-order chi connectivity index (χ0) is 12.7. The monoisotopic (exact) mass is 240 g/mol. The molecule has 0 saturated carbocycles. The molecular weight excluding hydrogens is 220 g/mol. The van der Waals surface area contributed by atoms with Crippen LogP contribution in [0.25, 0.3) is 0 Å². The minimum atomic E-state index is -0.0121. The highest BCUT2D eigenvalue weighted by Gasteiger charge is 2.04. The van der Waals surface area contributed by atoms with Crippen molar-refractivity contribution >= 4 is 5.91 Å². The molecule has 0 atom stereocenters. The van der Waals surface area contributed by atoms with Gasteiger partial charge in [0.1, 0.15) is 0 Å². The second-order valence-electron chi connectivity index (χ2n) is 4.37. The molecule has 0 aliphatic carbocycles. The van der Waals surface area contributed by atoms with E-state index in [0.717, 1.165) is 13.0 Å². The van der Waals surface area contributed by atoms with Crippen LogP contribution in [0.5, 0.6) is 0 Å². The molecule has 0 fully saturated rings. The SMILES string of the molecule is Cc1noc(CNCC(=O)NCCC(C)C)n1. The Morgan fingerprint density at radius 2 is 2.24 bits per heavy atom. The Labute approximate surface area is 101 Å². The minimum absolute atomic E-state index is 0.0121. The summed E-state index contributed by atoms with van der Waals surface area (Å²) in [7, 11) is 0. The summed E-state index contributed by atoms with van der Waals surface area (Å²) in [4.78, 5) is 15.4. The molecule has 1 aromatic rings. The van der Waals surface area contributed by atoms with E-state index in [1.165, 1.54) is 0 Å². The van der Waals surface area contributed by atoms with Crippen molar-refractivity contribution in [2.45, 2.75) is 33.7 Å². The van der Waals surface area contributed by atoms with Crippen molar-refractivity contribution < 1.29 is 9.32 Å². The van der Waals surface area contributed by atoms with E-state index in [1.54, 1.807) is 6.92 Å². The minimum Gasteiger partial charge on any atom is -0.355 e. The van der Waals surface area contributed by atoms with Gasteiger partial charge in [-0.05, 0) is 19.3 Å². The number of rotatable bonds is 7. The van der Waals surface area contributed by atoms with Gasteiger partial charge >= 0.3 is 0 Å². The first-order valence-electron chi connectivity index (χ1n) is 5.84. The molecule has 96 valence electrons. The van der Waals surface area contributed by atoms with Gasteiger partial charge in [0.15, 0.2) is 5.82 Å². The fraction of sp³-hybridized carbons (Fsp3) is 0.727. The molecule has 6 heteroatoms. The average molecular weight is 240 g/mol. The number of hydrogen-bond donors (Lipinski definition) is 2. The van der Waals surface area contributed by atoms with Crippen LogP contribution in [0.15, 0.2) is 4.52 Å². The van der Waals surface area contributed by atoms with E-state index in [-0.39, 0.29) is 12.5 Å². The van der Waals surface area contributed by atoms with Gasteiger partial charge in [-0.15, -0.1) is 0 Å². The first kappa shape index (κ1) is 13.6. The molecule has 1 amide bonds. The topological polar surface area (TPSA) is 80.0 Å². The van der Waals surface area contributed by atoms with Crippen molar-refractivity contribution in [1.29, 1.82) is 0 Å². The van der Waals surface area contributed by atoms with Crippen molar-refractivity contribution in [2.24, 2.45) is 5.92 Å². The molecule has 0 aromatic carbocycles. The molecule has 0 bridgehead atoms. The quantitative estimate of drug-likeness (QED) is 0.730. The smallest absolute Gasteiger partial charge is 0.240 e. The van der Waals surface area contributed by atoms with Crippen LogP contribution in [0.1, 0.15) is 32.0 Å². The lowest BCUT2D eigenvalue weighted by atomic mass is 10.1. The van der Waals surface area contributed by atoms with Crippen molar-refractivity contribution in [3.63, 3.8) is 0 Å². The van der Waals surface area contributed by atoms with Gasteiger partial charge in [0.05, 0.1) is 13.1 Å². The summed E-state index contributed by atoms with van der Waals surface area (Å²) in [5, 5.41) is 9.44. The van der Waals surface area contributed by atoms with E-state index in [9.17, 15) is 4.79 Å². The lowest BCUT2D eigenvalue weighted by Crippen LogP contribution is -2.34. The van der Waals surface area contributed by atoms with E-state index >= 15 is 0 Å². The first-order chi connectivity index (χ1) is 8.08. The lowest BCUT2D eigenvalue weighted by molar-refractivity contribution is -0.120. The van der Waals surface area contributed by atoms with E-state index in [0.29, 0.717) is 24.2 Å². The van der Waals surface area contributed by atoms with E-state index < -0.39 is 0 Å². The van der Waals surface area contributed by atoms with Gasteiger partial charge in [-0.25, -0.2) is 0 Å². The molecule has 1 rings (SSSR count). The average Bonchev–Trinajstić information content (AvgIpc) is 2.63. The molecule has 0 aliphatic heterocycles. The summed E-state index contributed by atoms with van der Waals surface area (Å²) >= 11 is 0. The Morgan fingerprint density at radius 1 is 1.47 bits per heavy atom. The summed E-state index contributed by atoms with van der Waals surface area (Å²) in [5.74, 6) is 1.69. The number of aromatic nitrogens is 2. The van der Waals surface area contributed by atoms with Crippen molar-refractivity contribution in [1.82, 2.24) is 20.8 Å². The van der Waals surface area contributed by atoms with Crippen molar-refractivity contribution in [3.8, 4) is 0 Å². The molecule has 17 heavy (non-hydrogen) atoms. The molecule has 0 aliphatic rings. The highest BCUT2D eigenvalue weighted by atomic mass is 16.5. The maximum absolute atomic E-state index is 11.4. The highest BCUT2D eigenvalue weighted by molar-refractivity contribution is 5.77. The van der Waals surface area contributed by atoms with Gasteiger partial charge in [0.2, 0.25) is 11.8 Å². The molecule has 0 unspecified atom stereocenters. The maximum Gasteiger partial charge on any atom is 0.240 e. The van der Waals surface area contributed by atoms with Crippen LogP contribution in [0, 0.1) is 12.8 Å². The third-order valence-electron chi connectivity index (χ3n) is 2.18. The van der Waals surface area contributed by atoms with Gasteiger partial charge in [0.25, 0.3) is 0 Å². The van der Waals surface area contributed by atoms with Crippen LogP contribution >= 0.6 is 0 Å². The number of aryl methyl sites for hydroxylation is 1. The summed E-state index contributed by atoms with van der Waals surface area (Å²) in [6, 6.07) is 0. The Kier molecular flexibility index (Phi) is 5.62. The van der Waals surface area contributed by atoms with Gasteiger partial charge in [-0.3, -0.25) is 10.1 Å². The number of carbonyl (C=O) groups is 1. The lowest BCUT2D eigenvalue weighted by Gasteiger charge is -2.07. The predicted molar refractivity (Wildman–Crippen MR) is 63.2 cm³/mol. The second kappa shape index (κ2) is 7.01. The molecule has 0 spiro atoms. The van der Waals surface area contributed by atoms with E-state index in [2.05, 4.69) is 34.6 Å². The maximum atomic E-state index is 11.4. The Hall–Kier alpha value is -1.43. The molecule has 2 N–H and O–H groups in total. The molecule has 1 aromatic heterocycles. The van der Waals surface area contributed by atoms with Gasteiger partial charge in [-0.2, -0.15) is 4.98 Å². The van der Waals surface area contributed by atoms with Gasteiger partial charge in [-0.1, -0.05) is 19.0 Å². The predicted octanol–water partition coefficient (Wildman–Crippen LogP) is 0.630. The van der Waals surface area contributed by atoms with Crippen LogP contribution in [-0.2, 0) is 11.3 Å². The Balaban J connectivity index is 2.08. The fourth-order valence-electron chi connectivity index (χ4n) is 1.26. The third-order valence-corrected chi connectivity index (χ3v) is 2.18. The highest BCUT2D eigenvalue weighted by Crippen LogP contribution is 1.96. The zero-order valence-corrected chi connectivity index (χ0v) is 10.6. The van der Waals surface area contributed by atoms with Crippen LogP contribution in [0.4, 0.5) is 0 Å². The molecule has 6 nitrogen and oxygen atoms in total. The van der Waals surface area contributed by atoms with Crippen LogP contribution in [0.3, 0.4) is 0 Å². The van der Waals surface area contributed by atoms with E-state index in [1.807, 2.05) is 0 Å². The number of hydrogen-bond acceptors (Lipinski definition) is 5. The van der Waals surface area contributed by atoms with Crippen molar-refractivity contribution in [3.05, 3.63) is 11.7 Å². The van der Waals surface area contributed by atoms with E-state index in [4.69, 9.17) is 4.52 Å². The summed E-state index contributed by atoms with van der Waals surface area (Å²) < 4.78 is 4.90. The second-order valence-corrected chi connectivity index (χ2v) is 4.37. The fourth-order valence-corrected chi connectivity index (χ4v) is 1.26. The summed E-state index contributed by atoms with van der Waals surface area (Å²) in [6.07, 6.45) is 0.995. The van der Waals surface area contributed by atoms with Crippen LogP contribution in [0.2, 0.25) is 0 Å². The molecule has 0 radical (unpaired) electrons. The normalized spacial score (nSPS) is 10.8. The Bertz CT molecular complexity index is 349. The molecular formula is C11H20N4O2. The van der Waals surface area contributed by atoms with Crippen LogP contribution in [-0.4, -0.2) is 29.1 Å². The summed E-state index contributed by atoms with van der Waals surface area (Å²) in [5.41, 5.74) is 0. The molecule has 1 heterocycles. The van der Waals surface area contributed by atoms with Gasteiger partial charge < -0.3 is 9.84 Å². The van der Waals surface area contributed by atoms with Gasteiger partial charge in [0, 0.05) is 6.54 Å². The van der Waals surface area contributed by atoms with Crippen LogP contribution < -0.4 is 10.6 Å². The zero-order valence-electron chi connectivity index (χ0n) is 10.6. The number of carbonyl (C=O) groups excluding carboxylic acids is 1. The standard InChI is InChI=1S/C11H20N4O2/c1-8(2)4-5-13-10(16)6-12-7-11-14-9(3)15-17-11/h8,12H,4-7H2,1-3H3,(H,13,16). The summed E-state index contributed by atoms with van der Waals surface area (Å²) in [6.45, 7) is 7.41. The van der Waals surface area contributed by atoms with Crippen molar-refractivity contribution in [2.75, 3.05) is 13.1 Å². The number of nitrogens with zero attached hydrogens (tertiary/aromatic N) is 2. The third kappa shape index (κ3) is 6.01. The first-order valence-corrected chi connectivity index (χ1v) is 5.84. The number of amides is 1. The largest absolute Gasteiger partial charge is 0.355 e. The Morgan fingerprint density at radius 3 is 2.82 bits per heavy atom.